The summed E-state index contributed by atoms with van der Waals surface area (Å²) in [7, 11) is -6.53. The Morgan fingerprint density at radius 2 is 1.24 bits per heavy atom. The minimum absolute atomic E-state index is 0.203. The van der Waals surface area contributed by atoms with Crippen molar-refractivity contribution in [3.8, 4) is 0 Å². The van der Waals surface area contributed by atoms with Gasteiger partial charge in [0.1, 0.15) is 0 Å². The molecule has 0 saturated carbocycles. The van der Waals surface area contributed by atoms with Crippen LogP contribution in [0.5, 0.6) is 0 Å². The van der Waals surface area contributed by atoms with Crippen LogP contribution in [-0.2, 0) is 28.6 Å². The highest BCUT2D eigenvalue weighted by molar-refractivity contribution is 8.11. The highest BCUT2D eigenvalue weighted by atomic mass is 32.4. The average molecular weight is 453 g/mol. The molecular weight excluding hydrogens is 412 g/mol. The Kier molecular flexibility index (Phi) is 17.3. The first-order valence-electron chi connectivity index (χ1n) is 11.1. The van der Waals surface area contributed by atoms with Crippen molar-refractivity contribution < 1.29 is 32.0 Å². The molecule has 1 N–H and O–H groups in total. The van der Waals surface area contributed by atoms with E-state index in [1.54, 1.807) is 0 Å². The lowest BCUT2D eigenvalue weighted by atomic mass is 10.1. The van der Waals surface area contributed by atoms with Crippen LogP contribution in [0.15, 0.2) is 0 Å². The van der Waals surface area contributed by atoms with Crippen LogP contribution < -0.4 is 0 Å². The molecule has 1 unspecified atom stereocenters. The molecule has 1 atom stereocenters. The summed E-state index contributed by atoms with van der Waals surface area (Å²) in [6.45, 7) is 4.75. The fraction of sp³-hybridized carbons (Fsp3) is 0.900. The number of carbonyl (C=O) groups is 2. The molecule has 0 spiro atoms. The van der Waals surface area contributed by atoms with E-state index in [-0.39, 0.29) is 19.6 Å². The van der Waals surface area contributed by atoms with Gasteiger partial charge in [-0.25, -0.2) is 8.42 Å². The summed E-state index contributed by atoms with van der Waals surface area (Å²) in [6.07, 6.45) is 12.2. The molecule has 0 bridgehead atoms. The summed E-state index contributed by atoms with van der Waals surface area (Å²) in [5.74, 6) is -1.34. The zero-order valence-electron chi connectivity index (χ0n) is 18.2. The maximum Gasteiger partial charge on any atom is 0.307 e. The Morgan fingerprint density at radius 1 is 0.793 bits per heavy atom. The van der Waals surface area contributed by atoms with E-state index in [4.69, 9.17) is 14.0 Å². The van der Waals surface area contributed by atoms with E-state index >= 15 is 0 Å². The van der Waals surface area contributed by atoms with Crippen LogP contribution in [0, 0.1) is 0 Å². The maximum atomic E-state index is 12.2. The van der Waals surface area contributed by atoms with Crippen LogP contribution in [0.25, 0.3) is 0 Å². The number of hydrogen-bond donors (Lipinski definition) is 1. The lowest BCUT2D eigenvalue weighted by Gasteiger charge is -2.14. The van der Waals surface area contributed by atoms with Gasteiger partial charge in [0.25, 0.3) is 0 Å². The molecule has 0 heterocycles. The SMILES string of the molecule is CCCCCCCCOC(=O)CC([SiH2]S(=O)(=O)O)C(=O)OCCCCCCCC. The molecule has 0 aromatic heterocycles. The van der Waals surface area contributed by atoms with Crippen molar-refractivity contribution in [2.75, 3.05) is 13.2 Å². The predicted octanol–water partition coefficient (Wildman–Crippen LogP) is 3.94. The van der Waals surface area contributed by atoms with Gasteiger partial charge in [0.15, 0.2) is 0 Å². The molecule has 0 aromatic rings. The van der Waals surface area contributed by atoms with Crippen LogP contribution in [0.3, 0.4) is 0 Å². The van der Waals surface area contributed by atoms with Crippen molar-refractivity contribution in [2.24, 2.45) is 0 Å². The van der Waals surface area contributed by atoms with Crippen LogP contribution in [0.2, 0.25) is 5.54 Å². The zero-order valence-corrected chi connectivity index (χ0v) is 20.4. The molecular formula is C20H40O7SSi. The van der Waals surface area contributed by atoms with Gasteiger partial charge >= 0.3 is 11.9 Å². The number of ether oxygens (including phenoxy) is 2. The first kappa shape index (κ1) is 28.1. The fourth-order valence-corrected chi connectivity index (χ4v) is 6.37. The Hall–Kier alpha value is -0.933. The third kappa shape index (κ3) is 18.8. The smallest absolute Gasteiger partial charge is 0.307 e. The van der Waals surface area contributed by atoms with Crippen LogP contribution in [0.4, 0.5) is 0 Å². The summed E-state index contributed by atoms with van der Waals surface area (Å²) in [6, 6.07) is 0. The van der Waals surface area contributed by atoms with E-state index in [0.717, 1.165) is 51.4 Å². The molecule has 0 saturated heterocycles. The highest BCUT2D eigenvalue weighted by Gasteiger charge is 2.30. The number of rotatable bonds is 19. The van der Waals surface area contributed by atoms with Crippen LogP contribution in [0.1, 0.15) is 97.3 Å². The van der Waals surface area contributed by atoms with Gasteiger partial charge in [0.05, 0.1) is 25.2 Å². The Balaban J connectivity index is 4.22. The van der Waals surface area contributed by atoms with Gasteiger partial charge in [-0.3, -0.25) is 14.1 Å². The summed E-state index contributed by atoms with van der Waals surface area (Å²) in [5, 5.41) is 0. The predicted molar refractivity (Wildman–Crippen MR) is 117 cm³/mol. The molecule has 0 radical (unpaired) electrons. The molecule has 0 fully saturated rings. The molecule has 0 amide bonds. The van der Waals surface area contributed by atoms with Crippen LogP contribution in [-0.4, -0.2) is 46.8 Å². The Labute approximate surface area is 178 Å². The Morgan fingerprint density at radius 3 is 1.72 bits per heavy atom. The van der Waals surface area contributed by atoms with Crippen LogP contribution >= 0.6 is 0 Å². The van der Waals surface area contributed by atoms with E-state index in [9.17, 15) is 18.0 Å². The van der Waals surface area contributed by atoms with Crippen molar-refractivity contribution in [3.63, 3.8) is 0 Å². The zero-order chi connectivity index (χ0) is 22.0. The van der Waals surface area contributed by atoms with Crippen molar-refractivity contribution in [1.82, 2.24) is 0 Å². The van der Waals surface area contributed by atoms with Crippen molar-refractivity contribution >= 4 is 30.2 Å². The summed E-state index contributed by atoms with van der Waals surface area (Å²) in [4.78, 5) is 24.2. The molecule has 29 heavy (non-hydrogen) atoms. The van der Waals surface area contributed by atoms with E-state index in [2.05, 4.69) is 13.8 Å². The quantitative estimate of drug-likeness (QED) is 0.137. The normalized spacial score (nSPS) is 12.9. The molecule has 0 rings (SSSR count). The van der Waals surface area contributed by atoms with Gasteiger partial charge < -0.3 is 9.47 Å². The minimum Gasteiger partial charge on any atom is -0.466 e. The van der Waals surface area contributed by atoms with Gasteiger partial charge in [-0.2, -0.15) is 0 Å². The van der Waals surface area contributed by atoms with Crippen molar-refractivity contribution in [3.05, 3.63) is 0 Å². The molecule has 0 aliphatic heterocycles. The van der Waals surface area contributed by atoms with E-state index in [1.807, 2.05) is 0 Å². The number of hydrogen-bond acceptors (Lipinski definition) is 6. The van der Waals surface area contributed by atoms with E-state index < -0.39 is 35.7 Å². The largest absolute Gasteiger partial charge is 0.466 e. The van der Waals surface area contributed by atoms with Crippen molar-refractivity contribution in [1.29, 1.82) is 0 Å². The standard InChI is InChI=1S/C20H40O7SSi/c1-3-5-7-9-11-13-15-26-19(21)17-18(29-28(23,24)25)20(22)27-16-14-12-10-8-6-4-2/h18H,3-17,29H2,1-2H3,(H,23,24,25). The monoisotopic (exact) mass is 452 g/mol. The molecule has 9 heteroatoms. The number of carbonyl (C=O) groups excluding carboxylic acids is 2. The average Bonchev–Trinajstić information content (AvgIpc) is 2.64. The summed E-state index contributed by atoms with van der Waals surface area (Å²) in [5.41, 5.74) is -1.11. The first-order valence-corrected chi connectivity index (χ1v) is 15.2. The van der Waals surface area contributed by atoms with Gasteiger partial charge in [-0.15, -0.1) is 0 Å². The second kappa shape index (κ2) is 17.9. The van der Waals surface area contributed by atoms with Gasteiger partial charge in [-0.05, 0) is 12.8 Å². The van der Waals surface area contributed by atoms with Gasteiger partial charge in [0.2, 0.25) is 18.2 Å². The Bertz CT molecular complexity index is 537. The number of esters is 2. The minimum atomic E-state index is -4.27. The third-order valence-corrected chi connectivity index (χ3v) is 8.58. The molecule has 172 valence electrons. The highest BCUT2D eigenvalue weighted by Crippen LogP contribution is 2.16. The topological polar surface area (TPSA) is 107 Å². The number of unbranched alkanes of at least 4 members (excludes halogenated alkanes) is 10. The van der Waals surface area contributed by atoms with Gasteiger partial charge in [0, 0.05) is 0 Å². The second-order valence-electron chi connectivity index (χ2n) is 7.57. The summed E-state index contributed by atoms with van der Waals surface area (Å²) < 4.78 is 41.9. The van der Waals surface area contributed by atoms with Crippen molar-refractivity contribution in [2.45, 2.75) is 103 Å². The lowest BCUT2D eigenvalue weighted by molar-refractivity contribution is -0.150. The second-order valence-corrected chi connectivity index (χ2v) is 13.2. The molecule has 0 aliphatic rings. The molecule has 7 nitrogen and oxygen atoms in total. The maximum absolute atomic E-state index is 12.2. The lowest BCUT2D eigenvalue weighted by Crippen LogP contribution is -2.27. The van der Waals surface area contributed by atoms with E-state index in [0.29, 0.717) is 6.42 Å². The van der Waals surface area contributed by atoms with E-state index in [1.165, 1.54) is 19.3 Å². The third-order valence-electron chi connectivity index (χ3n) is 4.66. The molecule has 0 aromatic carbocycles. The fourth-order valence-electron chi connectivity index (χ4n) is 2.97. The molecule has 0 aliphatic carbocycles. The van der Waals surface area contributed by atoms with Gasteiger partial charge in [-0.1, -0.05) is 78.1 Å². The first-order chi connectivity index (χ1) is 13.8. The summed E-state index contributed by atoms with van der Waals surface area (Å²) >= 11 is 0.